The van der Waals surface area contributed by atoms with Crippen LogP contribution in [0.4, 0.5) is 0 Å². The Bertz CT molecular complexity index is 315. The van der Waals surface area contributed by atoms with Gasteiger partial charge in [-0.25, -0.2) is 8.42 Å². The zero-order chi connectivity index (χ0) is 13.7. The number of nitrogens with one attached hydrogen (secondary N) is 1. The highest BCUT2D eigenvalue weighted by molar-refractivity contribution is 7.92. The van der Waals surface area contributed by atoms with Crippen LogP contribution >= 0.6 is 0 Å². The summed E-state index contributed by atoms with van der Waals surface area (Å²) in [6.07, 6.45) is 0.860. The molecule has 0 radical (unpaired) electrons. The molecule has 0 saturated heterocycles. The van der Waals surface area contributed by atoms with Gasteiger partial charge >= 0.3 is 0 Å². The highest BCUT2D eigenvalue weighted by atomic mass is 32.2. The summed E-state index contributed by atoms with van der Waals surface area (Å²) in [5.41, 5.74) is -0.916. The molecule has 0 fully saturated rings. The predicted molar refractivity (Wildman–Crippen MR) is 71.9 cm³/mol. The molecule has 0 rings (SSSR count). The van der Waals surface area contributed by atoms with Gasteiger partial charge in [-0.15, -0.1) is 0 Å². The molecule has 0 saturated carbocycles. The minimum Gasteiger partial charge on any atom is -0.390 e. The van der Waals surface area contributed by atoms with Crippen molar-refractivity contribution in [2.24, 2.45) is 0 Å². The normalized spacial score (nSPS) is 16.8. The van der Waals surface area contributed by atoms with E-state index in [0.717, 1.165) is 6.54 Å². The summed E-state index contributed by atoms with van der Waals surface area (Å²) in [6, 6.07) is 0. The van der Waals surface area contributed by atoms with Gasteiger partial charge in [-0.2, -0.15) is 0 Å². The van der Waals surface area contributed by atoms with Crippen molar-refractivity contribution in [1.82, 2.24) is 5.32 Å². The zero-order valence-electron chi connectivity index (χ0n) is 11.7. The van der Waals surface area contributed by atoms with Crippen molar-refractivity contribution in [1.29, 1.82) is 0 Å². The zero-order valence-corrected chi connectivity index (χ0v) is 12.5. The van der Waals surface area contributed by atoms with E-state index < -0.39 is 20.2 Å². The van der Waals surface area contributed by atoms with Crippen molar-refractivity contribution in [2.45, 2.75) is 57.8 Å². The minimum atomic E-state index is -3.14. The molecular weight excluding hydrogens is 238 g/mol. The lowest BCUT2D eigenvalue weighted by Crippen LogP contribution is -2.36. The number of rotatable bonds is 7. The average molecular weight is 265 g/mol. The number of hydrogen-bond donors (Lipinski definition) is 2. The number of sulfone groups is 1. The summed E-state index contributed by atoms with van der Waals surface area (Å²) < 4.78 is 23.1. The maximum absolute atomic E-state index is 11.9. The fraction of sp³-hybridized carbons (Fsp3) is 1.00. The lowest BCUT2D eigenvalue weighted by atomic mass is 9.99. The van der Waals surface area contributed by atoms with E-state index in [-0.39, 0.29) is 12.2 Å². The van der Waals surface area contributed by atoms with Gasteiger partial charge in [-0.1, -0.05) is 6.92 Å². The van der Waals surface area contributed by atoms with Crippen molar-refractivity contribution >= 4 is 9.84 Å². The Morgan fingerprint density at radius 1 is 1.12 bits per heavy atom. The first-order chi connectivity index (χ1) is 7.52. The Kier molecular flexibility index (Phi) is 6.11. The van der Waals surface area contributed by atoms with Crippen LogP contribution in [0.25, 0.3) is 0 Å². The van der Waals surface area contributed by atoms with E-state index in [9.17, 15) is 13.5 Å². The van der Waals surface area contributed by atoms with Crippen molar-refractivity contribution in [2.75, 3.05) is 18.8 Å². The van der Waals surface area contributed by atoms with Gasteiger partial charge in [0.25, 0.3) is 0 Å². The molecular formula is C12H27NO3S. The summed E-state index contributed by atoms with van der Waals surface area (Å²) in [7, 11) is -3.14. The Hall–Kier alpha value is -0.130. The molecule has 1 unspecified atom stereocenters. The van der Waals surface area contributed by atoms with Crippen LogP contribution in [0, 0.1) is 0 Å². The fourth-order valence-electron chi connectivity index (χ4n) is 1.32. The largest absolute Gasteiger partial charge is 0.390 e. The molecule has 0 spiro atoms. The molecule has 0 aliphatic rings. The van der Waals surface area contributed by atoms with Crippen LogP contribution in [0.5, 0.6) is 0 Å². The van der Waals surface area contributed by atoms with Crippen LogP contribution in [-0.4, -0.2) is 42.7 Å². The van der Waals surface area contributed by atoms with Crippen LogP contribution in [0.15, 0.2) is 0 Å². The van der Waals surface area contributed by atoms with Gasteiger partial charge in [-0.05, 0) is 53.6 Å². The summed E-state index contributed by atoms with van der Waals surface area (Å²) in [6.45, 7) is 10.3. The fourth-order valence-corrected chi connectivity index (χ4v) is 2.64. The molecule has 2 N–H and O–H groups in total. The second kappa shape index (κ2) is 6.16. The molecule has 0 aromatic carbocycles. The maximum Gasteiger partial charge on any atom is 0.155 e. The Balaban J connectivity index is 4.27. The third-order valence-electron chi connectivity index (χ3n) is 2.93. The van der Waals surface area contributed by atoms with Gasteiger partial charge < -0.3 is 10.4 Å². The van der Waals surface area contributed by atoms with E-state index in [1.165, 1.54) is 0 Å². The summed E-state index contributed by atoms with van der Waals surface area (Å²) in [5.74, 6) is 0.0373. The van der Waals surface area contributed by atoms with Gasteiger partial charge in [0.2, 0.25) is 0 Å². The quantitative estimate of drug-likeness (QED) is 0.682. The molecule has 5 heteroatoms. The molecule has 0 aliphatic heterocycles. The molecule has 0 amide bonds. The van der Waals surface area contributed by atoms with Crippen molar-refractivity contribution in [3.8, 4) is 0 Å². The van der Waals surface area contributed by atoms with Crippen LogP contribution in [0.2, 0.25) is 0 Å². The standard InChI is InChI=1S/C12H27NO3S/c1-6-13-9-7-12(5,14)8-10-17(15,16)11(2,3)4/h13-14H,6-10H2,1-5H3. The molecule has 0 aliphatic carbocycles. The molecule has 1 atom stereocenters. The van der Waals surface area contributed by atoms with E-state index in [0.29, 0.717) is 13.0 Å². The molecule has 4 nitrogen and oxygen atoms in total. The van der Waals surface area contributed by atoms with Crippen molar-refractivity contribution in [3.63, 3.8) is 0 Å². The van der Waals surface area contributed by atoms with E-state index in [1.54, 1.807) is 27.7 Å². The van der Waals surface area contributed by atoms with Gasteiger partial charge in [0.1, 0.15) is 0 Å². The topological polar surface area (TPSA) is 66.4 Å². The summed E-state index contributed by atoms with van der Waals surface area (Å²) in [5, 5.41) is 13.2. The third kappa shape index (κ3) is 6.38. The monoisotopic (exact) mass is 265 g/mol. The van der Waals surface area contributed by atoms with E-state index in [4.69, 9.17) is 0 Å². The third-order valence-corrected chi connectivity index (χ3v) is 5.54. The molecule has 0 bridgehead atoms. The average Bonchev–Trinajstić information content (AvgIpc) is 2.14. The Morgan fingerprint density at radius 3 is 2.06 bits per heavy atom. The second-order valence-corrected chi connectivity index (χ2v) is 8.64. The van der Waals surface area contributed by atoms with E-state index in [2.05, 4.69) is 5.32 Å². The minimum absolute atomic E-state index is 0.0373. The van der Waals surface area contributed by atoms with Gasteiger partial charge in [-0.3, -0.25) is 0 Å². The first-order valence-corrected chi connectivity index (χ1v) is 7.82. The Labute approximate surface area is 106 Å². The lowest BCUT2D eigenvalue weighted by molar-refractivity contribution is 0.0481. The molecule has 0 aromatic heterocycles. The second-order valence-electron chi connectivity index (χ2n) is 5.78. The highest BCUT2D eigenvalue weighted by Gasteiger charge is 2.31. The van der Waals surface area contributed by atoms with Crippen LogP contribution in [0.1, 0.15) is 47.5 Å². The van der Waals surface area contributed by atoms with Crippen molar-refractivity contribution < 1.29 is 13.5 Å². The summed E-state index contributed by atoms with van der Waals surface area (Å²) in [4.78, 5) is 0. The molecule has 0 aromatic rings. The maximum atomic E-state index is 11.9. The van der Waals surface area contributed by atoms with Gasteiger partial charge in [0.05, 0.1) is 16.1 Å². The van der Waals surface area contributed by atoms with Crippen molar-refractivity contribution in [3.05, 3.63) is 0 Å². The predicted octanol–water partition coefficient (Wildman–Crippen LogP) is 1.34. The van der Waals surface area contributed by atoms with Crippen LogP contribution in [-0.2, 0) is 9.84 Å². The summed E-state index contributed by atoms with van der Waals surface area (Å²) >= 11 is 0. The molecule has 104 valence electrons. The van der Waals surface area contributed by atoms with Crippen LogP contribution in [0.3, 0.4) is 0 Å². The van der Waals surface area contributed by atoms with Crippen LogP contribution < -0.4 is 5.32 Å². The SMILES string of the molecule is CCNCCC(C)(O)CCS(=O)(=O)C(C)(C)C. The van der Waals surface area contributed by atoms with Gasteiger partial charge in [0, 0.05) is 0 Å². The number of hydrogen-bond acceptors (Lipinski definition) is 4. The number of aliphatic hydroxyl groups is 1. The first kappa shape index (κ1) is 16.9. The Morgan fingerprint density at radius 2 is 1.65 bits per heavy atom. The van der Waals surface area contributed by atoms with Gasteiger partial charge in [0.15, 0.2) is 9.84 Å². The lowest BCUT2D eigenvalue weighted by Gasteiger charge is -2.26. The first-order valence-electron chi connectivity index (χ1n) is 6.17. The highest BCUT2D eigenvalue weighted by Crippen LogP contribution is 2.21. The molecule has 17 heavy (non-hydrogen) atoms. The van der Waals surface area contributed by atoms with E-state index in [1.807, 2.05) is 6.92 Å². The molecule has 0 heterocycles. The smallest absolute Gasteiger partial charge is 0.155 e. The van der Waals surface area contributed by atoms with E-state index >= 15 is 0 Å².